The fourth-order valence-electron chi connectivity index (χ4n) is 3.11. The lowest BCUT2D eigenvalue weighted by atomic mass is 9.97. The number of anilines is 1. The molecule has 0 aromatic carbocycles. The van der Waals surface area contributed by atoms with Gasteiger partial charge in [-0.1, -0.05) is 25.9 Å². The summed E-state index contributed by atoms with van der Waals surface area (Å²) < 4.78 is 30.6. The number of hydrogen-bond acceptors (Lipinski definition) is 8. The molecule has 0 aliphatic rings. The summed E-state index contributed by atoms with van der Waals surface area (Å²) in [5.41, 5.74) is 1.80. The van der Waals surface area contributed by atoms with Crippen LogP contribution in [0.3, 0.4) is 0 Å². The Hall–Kier alpha value is -3.80. The molecule has 2 N–H and O–H groups in total. The van der Waals surface area contributed by atoms with Crippen molar-refractivity contribution in [1.82, 2.24) is 29.8 Å². The van der Waals surface area contributed by atoms with Gasteiger partial charge in [-0.15, -0.1) is 0 Å². The van der Waals surface area contributed by atoms with Crippen molar-refractivity contribution in [2.45, 2.75) is 37.5 Å². The molecule has 0 saturated heterocycles. The lowest BCUT2D eigenvalue weighted by molar-refractivity contribution is 0.252. The number of carbonyl (C=O) groups is 1. The van der Waals surface area contributed by atoms with Crippen LogP contribution >= 0.6 is 0 Å². The minimum absolute atomic E-state index is 0.144. The van der Waals surface area contributed by atoms with E-state index in [1.165, 1.54) is 6.20 Å². The molecule has 0 fully saturated rings. The number of nitrogens with one attached hydrogen (secondary N) is 2. The summed E-state index contributed by atoms with van der Waals surface area (Å²) in [7, 11) is -3.37. The van der Waals surface area contributed by atoms with Gasteiger partial charge >= 0.3 is 6.03 Å². The molecule has 4 heterocycles. The van der Waals surface area contributed by atoms with Crippen LogP contribution in [0, 0.1) is 0 Å². The molecule has 2 amide bonds. The predicted molar refractivity (Wildman–Crippen MR) is 125 cm³/mol. The number of hydrogen-bond donors (Lipinski definition) is 2. The molecule has 4 aromatic rings. The SMILES string of the molecule is CC(C)(C)c1nc(CCNC(=O)Nc2cn3cc(-c4cncc(S(C)(=O)=O)c4)ccc3n2)no1. The van der Waals surface area contributed by atoms with Crippen LogP contribution in [-0.2, 0) is 21.7 Å². The zero-order valence-electron chi connectivity index (χ0n) is 19.2. The first kappa shape index (κ1) is 23.4. The molecular weight excluding hydrogens is 458 g/mol. The minimum atomic E-state index is -3.37. The Morgan fingerprint density at radius 2 is 1.91 bits per heavy atom. The van der Waals surface area contributed by atoms with Gasteiger partial charge in [-0.25, -0.2) is 18.2 Å². The van der Waals surface area contributed by atoms with Crippen molar-refractivity contribution in [3.05, 3.63) is 54.7 Å². The van der Waals surface area contributed by atoms with Crippen molar-refractivity contribution in [1.29, 1.82) is 0 Å². The highest BCUT2D eigenvalue weighted by molar-refractivity contribution is 7.90. The molecule has 178 valence electrons. The van der Waals surface area contributed by atoms with Gasteiger partial charge in [-0.2, -0.15) is 4.98 Å². The molecule has 11 nitrogen and oxygen atoms in total. The maximum absolute atomic E-state index is 12.3. The third-order valence-electron chi connectivity index (χ3n) is 4.91. The molecule has 0 aliphatic heterocycles. The highest BCUT2D eigenvalue weighted by Gasteiger charge is 2.21. The zero-order chi connectivity index (χ0) is 24.5. The van der Waals surface area contributed by atoms with E-state index in [2.05, 4.69) is 30.7 Å². The van der Waals surface area contributed by atoms with E-state index in [4.69, 9.17) is 4.52 Å². The summed E-state index contributed by atoms with van der Waals surface area (Å²) in [5, 5.41) is 9.37. The van der Waals surface area contributed by atoms with Gasteiger partial charge in [0.1, 0.15) is 5.65 Å². The Morgan fingerprint density at radius 3 is 2.62 bits per heavy atom. The van der Waals surface area contributed by atoms with Crippen LogP contribution in [0.5, 0.6) is 0 Å². The number of amides is 2. The van der Waals surface area contributed by atoms with E-state index in [1.807, 2.05) is 26.8 Å². The van der Waals surface area contributed by atoms with E-state index >= 15 is 0 Å². The number of urea groups is 1. The number of rotatable bonds is 6. The topological polar surface area (TPSA) is 144 Å². The maximum Gasteiger partial charge on any atom is 0.320 e. The van der Waals surface area contributed by atoms with E-state index in [-0.39, 0.29) is 10.3 Å². The van der Waals surface area contributed by atoms with E-state index in [1.54, 1.807) is 35.1 Å². The Kier molecular flexibility index (Phi) is 6.09. The Morgan fingerprint density at radius 1 is 1.12 bits per heavy atom. The summed E-state index contributed by atoms with van der Waals surface area (Å²) in [6, 6.07) is 4.75. The van der Waals surface area contributed by atoms with Crippen LogP contribution in [-0.4, -0.2) is 51.8 Å². The lowest BCUT2D eigenvalue weighted by Crippen LogP contribution is -2.30. The average Bonchev–Trinajstić information content (AvgIpc) is 3.39. The van der Waals surface area contributed by atoms with E-state index in [9.17, 15) is 13.2 Å². The molecular formula is C22H25N7O4S. The highest BCUT2D eigenvalue weighted by Crippen LogP contribution is 2.23. The van der Waals surface area contributed by atoms with Crippen LogP contribution < -0.4 is 10.6 Å². The van der Waals surface area contributed by atoms with Crippen LogP contribution in [0.1, 0.15) is 32.5 Å². The molecule has 12 heteroatoms. The van der Waals surface area contributed by atoms with Gasteiger partial charge in [0.05, 0.1) is 11.1 Å². The van der Waals surface area contributed by atoms with Gasteiger partial charge in [0.2, 0.25) is 5.89 Å². The first-order valence-corrected chi connectivity index (χ1v) is 12.4. The van der Waals surface area contributed by atoms with Crippen molar-refractivity contribution >= 4 is 27.3 Å². The number of nitrogens with zero attached hydrogens (tertiary/aromatic N) is 5. The Labute approximate surface area is 196 Å². The number of fused-ring (bicyclic) bond motifs is 1. The zero-order valence-corrected chi connectivity index (χ0v) is 20.0. The summed E-state index contributed by atoms with van der Waals surface area (Å²) in [4.78, 5) is 25.2. The van der Waals surface area contributed by atoms with Gasteiger partial charge in [0.25, 0.3) is 0 Å². The largest absolute Gasteiger partial charge is 0.339 e. The summed E-state index contributed by atoms with van der Waals surface area (Å²) in [6.45, 7) is 6.28. The van der Waals surface area contributed by atoms with E-state index < -0.39 is 15.9 Å². The Balaban J connectivity index is 1.39. The smallest absolute Gasteiger partial charge is 0.320 e. The monoisotopic (exact) mass is 483 g/mol. The predicted octanol–water partition coefficient (Wildman–Crippen LogP) is 2.84. The molecule has 0 bridgehead atoms. The molecule has 34 heavy (non-hydrogen) atoms. The fraction of sp³-hybridized carbons (Fsp3) is 0.318. The molecule has 0 spiro atoms. The molecule has 0 atom stereocenters. The summed E-state index contributed by atoms with van der Waals surface area (Å²) in [6.07, 6.45) is 7.94. The number of sulfone groups is 1. The average molecular weight is 484 g/mol. The quantitative estimate of drug-likeness (QED) is 0.426. The molecule has 0 radical (unpaired) electrons. The Bertz CT molecular complexity index is 1450. The molecule has 4 rings (SSSR count). The van der Waals surface area contributed by atoms with Crippen LogP contribution in [0.15, 0.2) is 52.4 Å². The number of imidazole rings is 1. The van der Waals surface area contributed by atoms with Crippen molar-refractivity contribution in [2.24, 2.45) is 0 Å². The number of pyridine rings is 2. The van der Waals surface area contributed by atoms with Crippen molar-refractivity contribution in [3.8, 4) is 11.1 Å². The minimum Gasteiger partial charge on any atom is -0.339 e. The van der Waals surface area contributed by atoms with Crippen LogP contribution in [0.4, 0.5) is 10.6 Å². The maximum atomic E-state index is 12.3. The van der Waals surface area contributed by atoms with E-state index in [0.717, 1.165) is 11.8 Å². The first-order chi connectivity index (χ1) is 16.0. The van der Waals surface area contributed by atoms with Gasteiger partial charge in [-0.3, -0.25) is 10.3 Å². The number of carbonyl (C=O) groups excluding carboxylic acids is 1. The standard InChI is InChI=1S/C22H25N7O4S/c1-22(2,3)20-26-17(28-33-20)7-8-24-21(30)27-18-13-29-12-14(5-6-19(29)25-18)15-9-16(11-23-10-15)34(4,31)32/h5-6,9-13H,7-8H2,1-4H3,(H2,24,27,30). The summed E-state index contributed by atoms with van der Waals surface area (Å²) in [5.74, 6) is 1.45. The molecule has 0 saturated carbocycles. The van der Waals surface area contributed by atoms with E-state index in [0.29, 0.717) is 41.7 Å². The van der Waals surface area contributed by atoms with Crippen molar-refractivity contribution in [2.75, 3.05) is 18.1 Å². The van der Waals surface area contributed by atoms with Gasteiger partial charge in [0, 0.05) is 54.4 Å². The van der Waals surface area contributed by atoms with Crippen LogP contribution in [0.2, 0.25) is 0 Å². The van der Waals surface area contributed by atoms with Gasteiger partial charge in [-0.05, 0) is 18.2 Å². The molecule has 4 aromatic heterocycles. The first-order valence-electron chi connectivity index (χ1n) is 10.5. The van der Waals surface area contributed by atoms with Crippen molar-refractivity contribution in [3.63, 3.8) is 0 Å². The highest BCUT2D eigenvalue weighted by atomic mass is 32.2. The lowest BCUT2D eigenvalue weighted by Gasteiger charge is -2.10. The molecule has 0 unspecified atom stereocenters. The normalized spacial score (nSPS) is 12.1. The van der Waals surface area contributed by atoms with Crippen LogP contribution in [0.25, 0.3) is 16.8 Å². The third kappa shape index (κ3) is 5.39. The second-order valence-electron chi connectivity index (χ2n) is 8.89. The molecule has 0 aliphatic carbocycles. The number of aromatic nitrogens is 5. The second-order valence-corrected chi connectivity index (χ2v) is 10.9. The fourth-order valence-corrected chi connectivity index (χ4v) is 3.70. The third-order valence-corrected chi connectivity index (χ3v) is 5.99. The summed E-state index contributed by atoms with van der Waals surface area (Å²) >= 11 is 0. The second kappa shape index (κ2) is 8.86. The van der Waals surface area contributed by atoms with Crippen molar-refractivity contribution < 1.29 is 17.7 Å². The van der Waals surface area contributed by atoms with Gasteiger partial charge in [0.15, 0.2) is 21.5 Å². The van der Waals surface area contributed by atoms with Gasteiger partial charge < -0.3 is 14.2 Å².